The van der Waals surface area contributed by atoms with Gasteiger partial charge in [-0.3, -0.25) is 4.72 Å². The Morgan fingerprint density at radius 2 is 2.12 bits per heavy atom. The molecular weight excluding hydrogens is 242 g/mol. The van der Waals surface area contributed by atoms with Crippen LogP contribution in [0.25, 0.3) is 0 Å². The normalized spacial score (nSPS) is 11.4. The van der Waals surface area contributed by atoms with E-state index in [1.807, 2.05) is 6.92 Å². The molecule has 2 N–H and O–H groups in total. The van der Waals surface area contributed by atoms with Gasteiger partial charge in [0.15, 0.2) is 0 Å². The summed E-state index contributed by atoms with van der Waals surface area (Å²) in [7, 11) is -3.48. The largest absolute Gasteiger partial charge is 0.506 e. The van der Waals surface area contributed by atoms with Crippen molar-refractivity contribution in [3.63, 3.8) is 0 Å². The maximum Gasteiger partial charge on any atom is 0.235 e. The average Bonchev–Trinajstić information content (AvgIpc) is 2.23. The zero-order chi connectivity index (χ0) is 12.9. The van der Waals surface area contributed by atoms with Gasteiger partial charge in [0.05, 0.1) is 18.0 Å². The van der Waals surface area contributed by atoms with Gasteiger partial charge in [-0.15, -0.1) is 0 Å². The molecule has 6 heteroatoms. The predicted molar refractivity (Wildman–Crippen MR) is 66.7 cm³/mol. The lowest BCUT2D eigenvalue weighted by atomic mass is 10.2. The molecule has 0 atom stereocenters. The molecule has 17 heavy (non-hydrogen) atoms. The van der Waals surface area contributed by atoms with Gasteiger partial charge < -0.3 is 9.84 Å². The molecule has 0 aliphatic heterocycles. The SMILES string of the molecule is CCOCCS(=O)(=O)Nc1cc(C)ccc1O. The van der Waals surface area contributed by atoms with Crippen LogP contribution >= 0.6 is 0 Å². The predicted octanol–water partition coefficient (Wildman–Crippen LogP) is 1.48. The van der Waals surface area contributed by atoms with Crippen LogP contribution in [0.3, 0.4) is 0 Å². The molecule has 1 aromatic carbocycles. The van der Waals surface area contributed by atoms with Gasteiger partial charge in [0.2, 0.25) is 10.0 Å². The van der Waals surface area contributed by atoms with Crippen LogP contribution in [0.1, 0.15) is 12.5 Å². The Morgan fingerprint density at radius 1 is 1.41 bits per heavy atom. The molecule has 0 fully saturated rings. The summed E-state index contributed by atoms with van der Waals surface area (Å²) in [6.45, 7) is 4.23. The highest BCUT2D eigenvalue weighted by Crippen LogP contribution is 2.24. The zero-order valence-electron chi connectivity index (χ0n) is 9.93. The van der Waals surface area contributed by atoms with E-state index < -0.39 is 10.0 Å². The second-order valence-corrected chi connectivity index (χ2v) is 5.48. The van der Waals surface area contributed by atoms with Crippen molar-refractivity contribution in [2.75, 3.05) is 23.7 Å². The third kappa shape index (κ3) is 4.62. The van der Waals surface area contributed by atoms with Crippen molar-refractivity contribution < 1.29 is 18.3 Å². The lowest BCUT2D eigenvalue weighted by Gasteiger charge is -2.10. The molecule has 0 aromatic heterocycles. The van der Waals surface area contributed by atoms with Gasteiger partial charge in [-0.2, -0.15) is 0 Å². The monoisotopic (exact) mass is 259 g/mol. The Bertz CT molecular complexity index is 470. The number of aryl methyl sites for hydroxylation is 1. The first kappa shape index (κ1) is 13.8. The molecule has 0 saturated heterocycles. The number of hydrogen-bond donors (Lipinski definition) is 2. The van der Waals surface area contributed by atoms with E-state index in [2.05, 4.69) is 4.72 Å². The fourth-order valence-electron chi connectivity index (χ4n) is 1.26. The fraction of sp³-hybridized carbons (Fsp3) is 0.455. The van der Waals surface area contributed by atoms with Gasteiger partial charge in [0.25, 0.3) is 0 Å². The average molecular weight is 259 g/mol. The van der Waals surface area contributed by atoms with Crippen LogP contribution in [0.5, 0.6) is 5.75 Å². The number of ether oxygens (including phenoxy) is 1. The van der Waals surface area contributed by atoms with Crippen molar-refractivity contribution in [3.8, 4) is 5.75 Å². The van der Waals surface area contributed by atoms with Gasteiger partial charge >= 0.3 is 0 Å². The molecule has 1 rings (SSSR count). The van der Waals surface area contributed by atoms with Crippen LogP contribution in [0, 0.1) is 6.92 Å². The van der Waals surface area contributed by atoms with Crippen molar-refractivity contribution in [1.29, 1.82) is 0 Å². The first-order chi connectivity index (χ1) is 7.94. The molecule has 0 spiro atoms. The summed E-state index contributed by atoms with van der Waals surface area (Å²) >= 11 is 0. The molecule has 1 aromatic rings. The molecule has 0 aliphatic rings. The van der Waals surface area contributed by atoms with E-state index in [1.54, 1.807) is 19.1 Å². The quantitative estimate of drug-likeness (QED) is 0.599. The van der Waals surface area contributed by atoms with Crippen molar-refractivity contribution >= 4 is 15.7 Å². The zero-order valence-corrected chi connectivity index (χ0v) is 10.8. The van der Waals surface area contributed by atoms with Crippen LogP contribution in [0.15, 0.2) is 18.2 Å². The van der Waals surface area contributed by atoms with E-state index >= 15 is 0 Å². The summed E-state index contributed by atoms with van der Waals surface area (Å²) in [5, 5.41) is 9.51. The van der Waals surface area contributed by atoms with Gasteiger partial charge in [-0.1, -0.05) is 6.07 Å². The molecule has 96 valence electrons. The Kier molecular flexibility index (Phi) is 4.77. The summed E-state index contributed by atoms with van der Waals surface area (Å²) < 4.78 is 30.6. The maximum atomic E-state index is 11.6. The second-order valence-electron chi connectivity index (χ2n) is 3.64. The highest BCUT2D eigenvalue weighted by Gasteiger charge is 2.12. The second kappa shape index (κ2) is 5.88. The summed E-state index contributed by atoms with van der Waals surface area (Å²) in [6.07, 6.45) is 0. The van der Waals surface area contributed by atoms with Crippen LogP contribution in [-0.2, 0) is 14.8 Å². The number of nitrogens with one attached hydrogen (secondary N) is 1. The smallest absolute Gasteiger partial charge is 0.235 e. The number of aromatic hydroxyl groups is 1. The van der Waals surface area contributed by atoms with E-state index in [9.17, 15) is 13.5 Å². The van der Waals surface area contributed by atoms with Crippen molar-refractivity contribution in [3.05, 3.63) is 23.8 Å². The van der Waals surface area contributed by atoms with E-state index in [4.69, 9.17) is 4.74 Å². The number of sulfonamides is 1. The molecule has 0 radical (unpaired) electrons. The number of hydrogen-bond acceptors (Lipinski definition) is 4. The topological polar surface area (TPSA) is 75.6 Å². The van der Waals surface area contributed by atoms with E-state index in [-0.39, 0.29) is 23.8 Å². The fourth-order valence-corrected chi connectivity index (χ4v) is 2.20. The minimum absolute atomic E-state index is 0.0874. The molecule has 5 nitrogen and oxygen atoms in total. The lowest BCUT2D eigenvalue weighted by molar-refractivity contribution is 0.163. The van der Waals surface area contributed by atoms with Crippen LogP contribution in [-0.4, -0.2) is 32.5 Å². The molecule has 0 unspecified atom stereocenters. The van der Waals surface area contributed by atoms with Crippen LogP contribution in [0.2, 0.25) is 0 Å². The molecule has 0 bridgehead atoms. The maximum absolute atomic E-state index is 11.6. The third-order valence-electron chi connectivity index (χ3n) is 2.12. The summed E-state index contributed by atoms with van der Waals surface area (Å²) in [5.74, 6) is -0.218. The molecule has 0 aliphatic carbocycles. The summed E-state index contributed by atoms with van der Waals surface area (Å²) in [5.41, 5.74) is 1.06. The minimum Gasteiger partial charge on any atom is -0.506 e. The Hall–Kier alpha value is -1.27. The van der Waals surface area contributed by atoms with Gasteiger partial charge in [-0.25, -0.2) is 8.42 Å². The lowest BCUT2D eigenvalue weighted by Crippen LogP contribution is -2.20. The summed E-state index contributed by atoms with van der Waals surface area (Å²) in [4.78, 5) is 0. The van der Waals surface area contributed by atoms with E-state index in [1.165, 1.54) is 6.07 Å². The van der Waals surface area contributed by atoms with Crippen LogP contribution < -0.4 is 4.72 Å². The van der Waals surface area contributed by atoms with E-state index in [0.29, 0.717) is 6.61 Å². The third-order valence-corrected chi connectivity index (χ3v) is 3.35. The molecular formula is C11H17NO4S. The standard InChI is InChI=1S/C11H17NO4S/c1-3-16-6-7-17(14,15)12-10-8-9(2)4-5-11(10)13/h4-5,8,12-13H,3,6-7H2,1-2H3. The van der Waals surface area contributed by atoms with Crippen molar-refractivity contribution in [2.24, 2.45) is 0 Å². The van der Waals surface area contributed by atoms with E-state index in [0.717, 1.165) is 5.56 Å². The number of anilines is 1. The van der Waals surface area contributed by atoms with Gasteiger partial charge in [0.1, 0.15) is 5.75 Å². The minimum atomic E-state index is -3.48. The van der Waals surface area contributed by atoms with Crippen molar-refractivity contribution in [1.82, 2.24) is 0 Å². The number of phenolic OH excluding ortho intramolecular Hbond substituents is 1. The Labute approximate surface area is 101 Å². The van der Waals surface area contributed by atoms with Gasteiger partial charge in [0, 0.05) is 6.61 Å². The van der Waals surface area contributed by atoms with Crippen LogP contribution in [0.4, 0.5) is 5.69 Å². The summed E-state index contributed by atoms with van der Waals surface area (Å²) in [6, 6.07) is 4.73. The highest BCUT2D eigenvalue weighted by atomic mass is 32.2. The number of benzene rings is 1. The Morgan fingerprint density at radius 3 is 2.76 bits per heavy atom. The molecule has 0 saturated carbocycles. The molecule has 0 amide bonds. The molecule has 0 heterocycles. The number of phenols is 1. The highest BCUT2D eigenvalue weighted by molar-refractivity contribution is 7.92. The van der Waals surface area contributed by atoms with Crippen molar-refractivity contribution in [2.45, 2.75) is 13.8 Å². The first-order valence-electron chi connectivity index (χ1n) is 5.32. The first-order valence-corrected chi connectivity index (χ1v) is 6.97. The Balaban J connectivity index is 2.72. The number of rotatable bonds is 6. The van der Waals surface area contributed by atoms with Gasteiger partial charge in [-0.05, 0) is 31.5 Å².